The molecule has 0 bridgehead atoms. The number of benzene rings is 1. The summed E-state index contributed by atoms with van der Waals surface area (Å²) in [5.74, 6) is 0.156. The zero-order valence-electron chi connectivity index (χ0n) is 15.5. The molecule has 0 spiro atoms. The van der Waals surface area contributed by atoms with Crippen molar-refractivity contribution >= 4 is 16.8 Å². The quantitative estimate of drug-likeness (QED) is 0.707. The van der Waals surface area contributed by atoms with E-state index in [1.165, 1.54) is 10.9 Å². The Bertz CT molecular complexity index is 881. The molecule has 0 radical (unpaired) electrons. The summed E-state index contributed by atoms with van der Waals surface area (Å²) in [4.78, 5) is 22.5. The fourth-order valence-electron chi connectivity index (χ4n) is 3.84. The number of carbonyl (C=O) groups is 1. The maximum atomic E-state index is 12.4. The van der Waals surface area contributed by atoms with Gasteiger partial charge >= 0.3 is 0 Å². The molecule has 0 aliphatic carbocycles. The van der Waals surface area contributed by atoms with Crippen LogP contribution >= 0.6 is 0 Å². The molecule has 1 aromatic carbocycles. The van der Waals surface area contributed by atoms with E-state index in [0.29, 0.717) is 12.5 Å². The zero-order valence-corrected chi connectivity index (χ0v) is 15.5. The summed E-state index contributed by atoms with van der Waals surface area (Å²) in [6, 6.07) is 14.6. The molecule has 1 aliphatic heterocycles. The third-order valence-electron chi connectivity index (χ3n) is 5.36. The predicted octanol–water partition coefficient (Wildman–Crippen LogP) is 3.28. The van der Waals surface area contributed by atoms with Gasteiger partial charge in [0.15, 0.2) is 0 Å². The van der Waals surface area contributed by atoms with E-state index >= 15 is 0 Å². The molecule has 5 nitrogen and oxygen atoms in total. The van der Waals surface area contributed by atoms with Crippen LogP contribution < -0.4 is 5.32 Å². The van der Waals surface area contributed by atoms with Gasteiger partial charge in [-0.25, -0.2) is 0 Å². The number of nitrogens with zero attached hydrogens (tertiary/aromatic N) is 2. The SMILES string of the molecule is O=C(CCc1c[nH]c2ccccc12)NC1CCN(Cc2ccccn2)CC1. The van der Waals surface area contributed by atoms with Crippen LogP contribution in [0.4, 0.5) is 0 Å². The molecule has 0 saturated carbocycles. The third-order valence-corrected chi connectivity index (χ3v) is 5.36. The molecular formula is C22H26N4O. The predicted molar refractivity (Wildman–Crippen MR) is 107 cm³/mol. The highest BCUT2D eigenvalue weighted by Gasteiger charge is 2.21. The molecule has 2 aromatic heterocycles. The molecular weight excluding hydrogens is 336 g/mol. The van der Waals surface area contributed by atoms with E-state index in [1.807, 2.05) is 36.7 Å². The lowest BCUT2D eigenvalue weighted by Crippen LogP contribution is -2.44. The largest absolute Gasteiger partial charge is 0.361 e. The minimum absolute atomic E-state index is 0.156. The third kappa shape index (κ3) is 4.55. The fourth-order valence-corrected chi connectivity index (χ4v) is 3.84. The lowest BCUT2D eigenvalue weighted by molar-refractivity contribution is -0.122. The summed E-state index contributed by atoms with van der Waals surface area (Å²) in [7, 11) is 0. The Morgan fingerprint density at radius 1 is 1.15 bits per heavy atom. The molecule has 2 N–H and O–H groups in total. The number of piperidine rings is 1. The molecule has 0 atom stereocenters. The Morgan fingerprint density at radius 3 is 2.78 bits per heavy atom. The van der Waals surface area contributed by atoms with Gasteiger partial charge in [-0.15, -0.1) is 0 Å². The molecule has 5 heteroatoms. The average molecular weight is 362 g/mol. The van der Waals surface area contributed by atoms with Crippen molar-refractivity contribution in [1.82, 2.24) is 20.2 Å². The van der Waals surface area contributed by atoms with E-state index < -0.39 is 0 Å². The second-order valence-electron chi connectivity index (χ2n) is 7.30. The Balaban J connectivity index is 1.21. The van der Waals surface area contributed by atoms with E-state index in [0.717, 1.165) is 50.1 Å². The lowest BCUT2D eigenvalue weighted by atomic mass is 10.0. The van der Waals surface area contributed by atoms with Gasteiger partial charge in [0, 0.05) is 55.4 Å². The molecule has 140 valence electrons. The van der Waals surface area contributed by atoms with Gasteiger partial charge in [-0.3, -0.25) is 14.7 Å². The first kappa shape index (κ1) is 17.7. The van der Waals surface area contributed by atoms with Gasteiger partial charge in [0.25, 0.3) is 0 Å². The number of pyridine rings is 1. The fraction of sp³-hybridized carbons (Fsp3) is 0.364. The molecule has 1 fully saturated rings. The van der Waals surface area contributed by atoms with E-state index in [-0.39, 0.29) is 5.91 Å². The van der Waals surface area contributed by atoms with Gasteiger partial charge in [0.2, 0.25) is 5.91 Å². The first-order chi connectivity index (χ1) is 13.3. The maximum absolute atomic E-state index is 12.4. The van der Waals surface area contributed by atoms with Crippen LogP contribution in [0.5, 0.6) is 0 Å². The van der Waals surface area contributed by atoms with Crippen LogP contribution in [0.15, 0.2) is 54.9 Å². The highest BCUT2D eigenvalue weighted by molar-refractivity contribution is 5.84. The normalized spacial score (nSPS) is 15.9. The van der Waals surface area contributed by atoms with Gasteiger partial charge in [0.1, 0.15) is 0 Å². The van der Waals surface area contributed by atoms with Crippen molar-refractivity contribution in [2.24, 2.45) is 0 Å². The molecule has 4 rings (SSSR count). The smallest absolute Gasteiger partial charge is 0.220 e. The standard InChI is InChI=1S/C22H26N4O/c27-22(9-8-17-15-24-21-7-2-1-6-20(17)21)25-18-10-13-26(14-11-18)16-19-5-3-4-12-23-19/h1-7,12,15,18,24H,8-11,13-14,16H2,(H,25,27). The van der Waals surface area contributed by atoms with E-state index in [9.17, 15) is 4.79 Å². The number of carbonyl (C=O) groups excluding carboxylic acids is 1. The Labute approximate surface area is 159 Å². The van der Waals surface area contributed by atoms with Crippen LogP contribution in [0.25, 0.3) is 10.9 Å². The van der Waals surface area contributed by atoms with Crippen LogP contribution in [0, 0.1) is 0 Å². The molecule has 27 heavy (non-hydrogen) atoms. The second kappa shape index (κ2) is 8.35. The topological polar surface area (TPSA) is 61.0 Å². The molecule has 1 saturated heterocycles. The maximum Gasteiger partial charge on any atom is 0.220 e. The summed E-state index contributed by atoms with van der Waals surface area (Å²) in [5, 5.41) is 4.44. The first-order valence-corrected chi connectivity index (χ1v) is 9.74. The molecule has 3 heterocycles. The number of fused-ring (bicyclic) bond motifs is 1. The Hall–Kier alpha value is -2.66. The Kier molecular flexibility index (Phi) is 5.49. The van der Waals surface area contributed by atoms with Gasteiger partial charge in [-0.1, -0.05) is 24.3 Å². The van der Waals surface area contributed by atoms with Crippen LogP contribution in [0.1, 0.15) is 30.5 Å². The number of aryl methyl sites for hydroxylation is 1. The van der Waals surface area contributed by atoms with E-state index in [1.54, 1.807) is 0 Å². The average Bonchev–Trinajstić information content (AvgIpc) is 3.12. The van der Waals surface area contributed by atoms with Gasteiger partial charge < -0.3 is 10.3 Å². The number of hydrogen-bond acceptors (Lipinski definition) is 3. The molecule has 1 amide bonds. The second-order valence-corrected chi connectivity index (χ2v) is 7.30. The number of hydrogen-bond donors (Lipinski definition) is 2. The zero-order chi connectivity index (χ0) is 18.5. The van der Waals surface area contributed by atoms with Crippen LogP contribution in [-0.4, -0.2) is 39.9 Å². The number of para-hydroxylation sites is 1. The summed E-state index contributed by atoms with van der Waals surface area (Å²) >= 11 is 0. The monoisotopic (exact) mass is 362 g/mol. The number of aromatic amines is 1. The van der Waals surface area contributed by atoms with Crippen LogP contribution in [-0.2, 0) is 17.8 Å². The van der Waals surface area contributed by atoms with Crippen molar-refractivity contribution in [2.45, 2.75) is 38.3 Å². The number of likely N-dealkylation sites (tertiary alicyclic amines) is 1. The minimum Gasteiger partial charge on any atom is -0.361 e. The van der Waals surface area contributed by atoms with Crippen molar-refractivity contribution < 1.29 is 4.79 Å². The minimum atomic E-state index is 0.156. The number of nitrogens with one attached hydrogen (secondary N) is 2. The lowest BCUT2D eigenvalue weighted by Gasteiger charge is -2.32. The van der Waals surface area contributed by atoms with E-state index in [4.69, 9.17) is 0 Å². The van der Waals surface area contributed by atoms with Crippen molar-refractivity contribution in [3.8, 4) is 0 Å². The summed E-state index contributed by atoms with van der Waals surface area (Å²) in [6.45, 7) is 2.90. The Morgan fingerprint density at radius 2 is 1.96 bits per heavy atom. The van der Waals surface area contributed by atoms with Gasteiger partial charge in [-0.2, -0.15) is 0 Å². The van der Waals surface area contributed by atoms with Gasteiger partial charge in [-0.05, 0) is 43.0 Å². The van der Waals surface area contributed by atoms with Crippen molar-refractivity contribution in [1.29, 1.82) is 0 Å². The van der Waals surface area contributed by atoms with Crippen LogP contribution in [0.2, 0.25) is 0 Å². The number of aromatic nitrogens is 2. The summed E-state index contributed by atoms with van der Waals surface area (Å²) < 4.78 is 0. The van der Waals surface area contributed by atoms with Crippen molar-refractivity contribution in [2.75, 3.05) is 13.1 Å². The molecule has 0 unspecified atom stereocenters. The highest BCUT2D eigenvalue weighted by Crippen LogP contribution is 2.19. The van der Waals surface area contributed by atoms with E-state index in [2.05, 4.69) is 38.4 Å². The summed E-state index contributed by atoms with van der Waals surface area (Å²) in [6.07, 6.45) is 7.19. The van der Waals surface area contributed by atoms with Crippen molar-refractivity contribution in [3.05, 3.63) is 66.1 Å². The van der Waals surface area contributed by atoms with Crippen molar-refractivity contribution in [3.63, 3.8) is 0 Å². The number of amides is 1. The van der Waals surface area contributed by atoms with Crippen LogP contribution in [0.3, 0.4) is 0 Å². The molecule has 1 aliphatic rings. The highest BCUT2D eigenvalue weighted by atomic mass is 16.1. The first-order valence-electron chi connectivity index (χ1n) is 9.74. The number of rotatable bonds is 6. The van der Waals surface area contributed by atoms with Gasteiger partial charge in [0.05, 0.1) is 5.69 Å². The number of H-pyrrole nitrogens is 1. The summed E-state index contributed by atoms with van der Waals surface area (Å²) in [5.41, 5.74) is 3.46. The molecule has 3 aromatic rings.